The van der Waals surface area contributed by atoms with E-state index in [9.17, 15) is 15.0 Å². The number of para-hydroxylation sites is 2. The number of phenols is 2. The number of benzene rings is 3. The average Bonchev–Trinajstić information content (AvgIpc) is 2.81. The van der Waals surface area contributed by atoms with E-state index in [0.29, 0.717) is 33.6 Å². The first-order chi connectivity index (χ1) is 17.5. The van der Waals surface area contributed by atoms with E-state index in [1.165, 1.54) is 0 Å². The molecule has 0 heterocycles. The van der Waals surface area contributed by atoms with Gasteiger partial charge in [-0.25, -0.2) is 0 Å². The number of rotatable bonds is 5. The highest BCUT2D eigenvalue weighted by Gasteiger charge is 2.25. The van der Waals surface area contributed by atoms with Crippen LogP contribution in [-0.2, 0) is 16.2 Å². The fraction of sp³-hybridized carbons (Fsp3) is 0.364. The number of hydrogen-bond donors (Lipinski definition) is 2. The van der Waals surface area contributed by atoms with Crippen molar-refractivity contribution in [3.8, 4) is 11.5 Å². The molecule has 0 aliphatic rings. The van der Waals surface area contributed by atoms with Crippen LogP contribution in [0.15, 0.2) is 58.5 Å². The van der Waals surface area contributed by atoms with Crippen molar-refractivity contribution in [2.45, 2.75) is 78.6 Å². The predicted molar refractivity (Wildman–Crippen MR) is 159 cm³/mol. The molecule has 38 heavy (non-hydrogen) atoms. The minimum Gasteiger partial charge on any atom is -0.507 e. The van der Waals surface area contributed by atoms with E-state index in [1.807, 2.05) is 51.1 Å². The van der Waals surface area contributed by atoms with E-state index in [2.05, 4.69) is 52.6 Å². The second-order valence-electron chi connectivity index (χ2n) is 12.8. The smallest absolute Gasteiger partial charge is 0.150 e. The van der Waals surface area contributed by atoms with Gasteiger partial charge in [0.2, 0.25) is 0 Å². The Hall–Kier alpha value is -3.73. The summed E-state index contributed by atoms with van der Waals surface area (Å²) in [5.41, 5.74) is 4.79. The standard InChI is InChI=1S/C33H40N2O3/c1-31(2,3)24-16-23(30(38)26(17-24)33(7,8)9)19-35-28-13-11-10-12-27(28)34-18-22-14-21(20-36)15-25(29(22)37)32(4,5)6/h10-20,37-38H,1-9H3. The molecule has 5 heteroatoms. The maximum absolute atomic E-state index is 11.5. The Labute approximate surface area is 227 Å². The number of hydrogen-bond acceptors (Lipinski definition) is 5. The Bertz CT molecular complexity index is 1400. The molecule has 0 amide bonds. The summed E-state index contributed by atoms with van der Waals surface area (Å²) in [4.78, 5) is 20.8. The van der Waals surface area contributed by atoms with Crippen molar-refractivity contribution in [2.75, 3.05) is 0 Å². The van der Waals surface area contributed by atoms with Gasteiger partial charge in [-0.3, -0.25) is 14.8 Å². The molecule has 0 saturated carbocycles. The minimum atomic E-state index is -0.344. The first-order valence-corrected chi connectivity index (χ1v) is 12.9. The SMILES string of the molecule is CC(C)(C)c1cc(C=Nc2ccccc2N=Cc2cc(C=O)cc(C(C)(C)C)c2O)c(O)c(C(C)(C)C)c1. The predicted octanol–water partition coefficient (Wildman–Crippen LogP) is 8.30. The third-order valence-corrected chi connectivity index (χ3v) is 6.49. The van der Waals surface area contributed by atoms with Crippen LogP contribution < -0.4 is 0 Å². The molecule has 0 fully saturated rings. The molecule has 0 aromatic heterocycles. The molecule has 200 valence electrons. The fourth-order valence-corrected chi connectivity index (χ4v) is 4.14. The molecule has 0 radical (unpaired) electrons. The number of nitrogens with zero attached hydrogens (tertiary/aromatic N) is 2. The van der Waals surface area contributed by atoms with Crippen molar-refractivity contribution in [3.63, 3.8) is 0 Å². The molecule has 0 saturated heterocycles. The van der Waals surface area contributed by atoms with Crippen molar-refractivity contribution in [1.29, 1.82) is 0 Å². The van der Waals surface area contributed by atoms with Crippen LogP contribution in [0.5, 0.6) is 11.5 Å². The van der Waals surface area contributed by atoms with Crippen molar-refractivity contribution in [3.05, 3.63) is 81.9 Å². The Morgan fingerprint density at radius 1 is 0.632 bits per heavy atom. The minimum absolute atomic E-state index is 0.0948. The van der Waals surface area contributed by atoms with Gasteiger partial charge < -0.3 is 10.2 Å². The maximum atomic E-state index is 11.5. The quantitative estimate of drug-likeness (QED) is 0.266. The van der Waals surface area contributed by atoms with E-state index in [1.54, 1.807) is 24.6 Å². The largest absolute Gasteiger partial charge is 0.507 e. The Balaban J connectivity index is 2.07. The van der Waals surface area contributed by atoms with Gasteiger partial charge in [-0.2, -0.15) is 0 Å². The zero-order chi connectivity index (χ0) is 28.5. The van der Waals surface area contributed by atoms with Gasteiger partial charge in [0.05, 0.1) is 11.4 Å². The van der Waals surface area contributed by atoms with Gasteiger partial charge in [0.25, 0.3) is 0 Å². The summed E-state index contributed by atoms with van der Waals surface area (Å²) in [6.07, 6.45) is 4.01. The topological polar surface area (TPSA) is 82.2 Å². The molecule has 3 aromatic carbocycles. The van der Waals surface area contributed by atoms with Crippen LogP contribution in [0.1, 0.15) is 100 Å². The second kappa shape index (κ2) is 10.6. The summed E-state index contributed by atoms with van der Waals surface area (Å²) in [6.45, 7) is 18.6. The van der Waals surface area contributed by atoms with Crippen molar-refractivity contribution in [1.82, 2.24) is 0 Å². The lowest BCUT2D eigenvalue weighted by molar-refractivity contribution is 0.112. The van der Waals surface area contributed by atoms with Crippen LogP contribution in [0.4, 0.5) is 11.4 Å². The number of carbonyl (C=O) groups is 1. The molecular formula is C33H40N2O3. The van der Waals surface area contributed by atoms with E-state index >= 15 is 0 Å². The van der Waals surface area contributed by atoms with Gasteiger partial charge in [0.15, 0.2) is 0 Å². The third-order valence-electron chi connectivity index (χ3n) is 6.49. The molecular weight excluding hydrogens is 472 g/mol. The lowest BCUT2D eigenvalue weighted by atomic mass is 9.79. The Morgan fingerprint density at radius 3 is 1.50 bits per heavy atom. The number of carbonyl (C=O) groups excluding carboxylic acids is 1. The zero-order valence-electron chi connectivity index (χ0n) is 24.0. The number of aliphatic imine (C=N–C) groups is 2. The number of aromatic hydroxyl groups is 2. The van der Waals surface area contributed by atoms with Crippen molar-refractivity contribution in [2.24, 2.45) is 9.98 Å². The van der Waals surface area contributed by atoms with Crippen molar-refractivity contribution >= 4 is 30.1 Å². The summed E-state index contributed by atoms with van der Waals surface area (Å²) < 4.78 is 0. The van der Waals surface area contributed by atoms with Gasteiger partial charge in [-0.1, -0.05) is 80.5 Å². The first-order valence-electron chi connectivity index (χ1n) is 12.9. The highest BCUT2D eigenvalue weighted by molar-refractivity contribution is 5.92. The first kappa shape index (κ1) is 28.8. The lowest BCUT2D eigenvalue weighted by Gasteiger charge is -2.27. The van der Waals surface area contributed by atoms with E-state index in [0.717, 1.165) is 17.4 Å². The summed E-state index contributed by atoms with van der Waals surface area (Å²) in [5.74, 6) is 0.326. The van der Waals surface area contributed by atoms with Crippen LogP contribution in [0, 0.1) is 0 Å². The highest BCUT2D eigenvalue weighted by atomic mass is 16.3. The summed E-state index contributed by atoms with van der Waals surface area (Å²) in [5, 5.41) is 22.0. The fourth-order valence-electron chi connectivity index (χ4n) is 4.14. The summed E-state index contributed by atoms with van der Waals surface area (Å²) in [6, 6.07) is 14.8. The normalized spacial score (nSPS) is 13.0. The summed E-state index contributed by atoms with van der Waals surface area (Å²) in [7, 11) is 0. The van der Waals surface area contributed by atoms with Gasteiger partial charge in [-0.05, 0) is 52.1 Å². The third kappa shape index (κ3) is 6.58. The van der Waals surface area contributed by atoms with Crippen LogP contribution in [0.2, 0.25) is 0 Å². The van der Waals surface area contributed by atoms with Gasteiger partial charge in [0, 0.05) is 40.2 Å². The molecule has 3 aromatic rings. The van der Waals surface area contributed by atoms with Gasteiger partial charge in [-0.15, -0.1) is 0 Å². The molecule has 0 bridgehead atoms. The van der Waals surface area contributed by atoms with Crippen LogP contribution in [-0.4, -0.2) is 28.9 Å². The van der Waals surface area contributed by atoms with Gasteiger partial charge >= 0.3 is 0 Å². The molecule has 0 unspecified atom stereocenters. The van der Waals surface area contributed by atoms with Crippen LogP contribution in [0.3, 0.4) is 0 Å². The molecule has 0 spiro atoms. The van der Waals surface area contributed by atoms with E-state index in [4.69, 9.17) is 4.99 Å². The molecule has 3 rings (SSSR count). The van der Waals surface area contributed by atoms with Crippen LogP contribution in [0.25, 0.3) is 0 Å². The maximum Gasteiger partial charge on any atom is 0.150 e. The number of aldehydes is 1. The van der Waals surface area contributed by atoms with E-state index < -0.39 is 0 Å². The summed E-state index contributed by atoms with van der Waals surface area (Å²) >= 11 is 0. The van der Waals surface area contributed by atoms with Gasteiger partial charge in [0.1, 0.15) is 17.8 Å². The monoisotopic (exact) mass is 512 g/mol. The molecule has 0 aliphatic heterocycles. The zero-order valence-corrected chi connectivity index (χ0v) is 24.0. The average molecular weight is 513 g/mol. The number of phenolic OH excluding ortho intramolecular Hbond substituents is 2. The van der Waals surface area contributed by atoms with Crippen molar-refractivity contribution < 1.29 is 15.0 Å². The molecule has 5 nitrogen and oxygen atoms in total. The molecule has 0 atom stereocenters. The van der Waals surface area contributed by atoms with E-state index in [-0.39, 0.29) is 27.7 Å². The highest BCUT2D eigenvalue weighted by Crippen LogP contribution is 2.38. The Kier molecular flexibility index (Phi) is 8.02. The molecule has 0 aliphatic carbocycles. The molecule has 2 N–H and O–H groups in total. The Morgan fingerprint density at radius 2 is 1.08 bits per heavy atom. The lowest BCUT2D eigenvalue weighted by Crippen LogP contribution is -2.17. The second-order valence-corrected chi connectivity index (χ2v) is 12.8. The van der Waals surface area contributed by atoms with Crippen LogP contribution >= 0.6 is 0 Å².